The lowest BCUT2D eigenvalue weighted by Gasteiger charge is -2.29. The minimum Gasteiger partial charge on any atom is -0.495 e. The zero-order valence-corrected chi connectivity index (χ0v) is 13.5. The molecule has 0 spiro atoms. The Kier molecular flexibility index (Phi) is 7.25. The van der Waals surface area contributed by atoms with E-state index in [1.165, 1.54) is 0 Å². The van der Waals surface area contributed by atoms with Gasteiger partial charge in [-0.25, -0.2) is 0 Å². The molecule has 1 aromatic rings. The Hall–Kier alpha value is -1.01. The van der Waals surface area contributed by atoms with Crippen molar-refractivity contribution in [1.29, 1.82) is 0 Å². The van der Waals surface area contributed by atoms with Gasteiger partial charge in [0.25, 0.3) is 0 Å². The number of halogens is 2. The highest BCUT2D eigenvalue weighted by Gasteiger charge is 2.18. The van der Waals surface area contributed by atoms with E-state index in [4.69, 9.17) is 22.1 Å². The number of hydrogen-bond donors (Lipinski definition) is 2. The van der Waals surface area contributed by atoms with Crippen LogP contribution in [-0.2, 0) is 4.79 Å². The maximum atomic E-state index is 12.0. The molecule has 0 radical (unpaired) electrons. The first-order valence-electron chi connectivity index (χ1n) is 6.70. The van der Waals surface area contributed by atoms with Crippen LogP contribution in [0.2, 0.25) is 5.02 Å². The molecule has 0 bridgehead atoms. The van der Waals surface area contributed by atoms with Crippen LogP contribution in [-0.4, -0.2) is 43.6 Å². The molecular formula is C14H21Cl2N3O2. The van der Waals surface area contributed by atoms with Crippen molar-refractivity contribution in [2.45, 2.75) is 18.9 Å². The highest BCUT2D eigenvalue weighted by Crippen LogP contribution is 2.27. The zero-order valence-electron chi connectivity index (χ0n) is 12.0. The molecule has 0 unspecified atom stereocenters. The molecule has 0 atom stereocenters. The fourth-order valence-electron chi connectivity index (χ4n) is 2.26. The van der Waals surface area contributed by atoms with Crippen molar-refractivity contribution in [1.82, 2.24) is 4.90 Å². The smallest absolute Gasteiger partial charge is 0.238 e. The van der Waals surface area contributed by atoms with Crippen LogP contribution in [0, 0.1) is 0 Å². The molecule has 0 aromatic heterocycles. The van der Waals surface area contributed by atoms with Crippen molar-refractivity contribution in [2.24, 2.45) is 5.73 Å². The Labute approximate surface area is 136 Å². The van der Waals surface area contributed by atoms with Gasteiger partial charge in [0.1, 0.15) is 5.75 Å². The van der Waals surface area contributed by atoms with E-state index in [2.05, 4.69) is 10.2 Å². The van der Waals surface area contributed by atoms with Crippen molar-refractivity contribution >= 4 is 35.6 Å². The van der Waals surface area contributed by atoms with E-state index in [-0.39, 0.29) is 24.4 Å². The number of nitrogens with two attached hydrogens (primary N) is 1. The molecule has 118 valence electrons. The normalized spacial score (nSPS) is 16.1. The maximum Gasteiger partial charge on any atom is 0.238 e. The van der Waals surface area contributed by atoms with E-state index >= 15 is 0 Å². The Morgan fingerprint density at radius 1 is 1.48 bits per heavy atom. The monoisotopic (exact) mass is 333 g/mol. The van der Waals surface area contributed by atoms with Gasteiger partial charge in [-0.15, -0.1) is 12.4 Å². The molecule has 5 nitrogen and oxygen atoms in total. The second-order valence-electron chi connectivity index (χ2n) is 5.01. The summed E-state index contributed by atoms with van der Waals surface area (Å²) >= 11 is 6.02. The summed E-state index contributed by atoms with van der Waals surface area (Å²) in [6, 6.07) is 5.46. The molecule has 2 rings (SSSR count). The van der Waals surface area contributed by atoms with Crippen LogP contribution in [0.5, 0.6) is 5.75 Å². The molecule has 1 aliphatic heterocycles. The summed E-state index contributed by atoms with van der Waals surface area (Å²) in [4.78, 5) is 14.1. The van der Waals surface area contributed by atoms with Crippen molar-refractivity contribution in [3.05, 3.63) is 23.2 Å². The topological polar surface area (TPSA) is 67.6 Å². The Bertz CT molecular complexity index is 477. The molecule has 1 heterocycles. The van der Waals surface area contributed by atoms with Crippen LogP contribution in [0.15, 0.2) is 18.2 Å². The van der Waals surface area contributed by atoms with Gasteiger partial charge in [-0.1, -0.05) is 11.6 Å². The van der Waals surface area contributed by atoms with Crippen LogP contribution in [0.1, 0.15) is 12.8 Å². The lowest BCUT2D eigenvalue weighted by molar-refractivity contribution is -0.117. The molecule has 1 amide bonds. The van der Waals surface area contributed by atoms with E-state index in [1.807, 2.05) is 0 Å². The summed E-state index contributed by atoms with van der Waals surface area (Å²) in [7, 11) is 1.56. The number of amides is 1. The number of benzene rings is 1. The number of piperidine rings is 1. The predicted molar refractivity (Wildman–Crippen MR) is 87.5 cm³/mol. The molecule has 7 heteroatoms. The van der Waals surface area contributed by atoms with Gasteiger partial charge in [-0.05, 0) is 31.0 Å². The molecular weight excluding hydrogens is 313 g/mol. The standard InChI is InChI=1S/C14H20ClN3O2.ClH/c1-20-13-3-2-11(8-12(13)15)17-14(19)9-18-6-4-10(16)5-7-18;/h2-3,8,10H,4-7,9,16H2,1H3,(H,17,19);1H. The number of hydrogen-bond acceptors (Lipinski definition) is 4. The lowest BCUT2D eigenvalue weighted by Crippen LogP contribution is -2.43. The van der Waals surface area contributed by atoms with E-state index in [0.29, 0.717) is 23.0 Å². The van der Waals surface area contributed by atoms with Crippen LogP contribution in [0.3, 0.4) is 0 Å². The van der Waals surface area contributed by atoms with Crippen molar-refractivity contribution in [2.75, 3.05) is 32.1 Å². The number of carbonyl (C=O) groups is 1. The van der Waals surface area contributed by atoms with Crippen molar-refractivity contribution in [3.8, 4) is 5.75 Å². The number of nitrogens with one attached hydrogen (secondary N) is 1. The summed E-state index contributed by atoms with van der Waals surface area (Å²) < 4.78 is 5.07. The third-order valence-electron chi connectivity index (χ3n) is 3.44. The number of nitrogens with zero attached hydrogens (tertiary/aromatic N) is 1. The van der Waals surface area contributed by atoms with Gasteiger partial charge in [0.15, 0.2) is 0 Å². The predicted octanol–water partition coefficient (Wildman–Crippen LogP) is 2.13. The van der Waals surface area contributed by atoms with Gasteiger partial charge in [-0.2, -0.15) is 0 Å². The molecule has 1 aliphatic rings. The first-order chi connectivity index (χ1) is 9.58. The average molecular weight is 334 g/mol. The number of methoxy groups -OCH3 is 1. The second kappa shape index (κ2) is 8.44. The van der Waals surface area contributed by atoms with Gasteiger partial charge in [0.05, 0.1) is 18.7 Å². The summed E-state index contributed by atoms with van der Waals surface area (Å²) in [5, 5.41) is 3.32. The van der Waals surface area contributed by atoms with Crippen LogP contribution in [0.4, 0.5) is 5.69 Å². The van der Waals surface area contributed by atoms with Crippen LogP contribution < -0.4 is 15.8 Å². The molecule has 21 heavy (non-hydrogen) atoms. The van der Waals surface area contributed by atoms with Crippen LogP contribution in [0.25, 0.3) is 0 Å². The minimum absolute atomic E-state index is 0. The summed E-state index contributed by atoms with van der Waals surface area (Å²) in [5.74, 6) is 0.552. The van der Waals surface area contributed by atoms with Crippen molar-refractivity contribution in [3.63, 3.8) is 0 Å². The first-order valence-corrected chi connectivity index (χ1v) is 7.07. The largest absolute Gasteiger partial charge is 0.495 e. The van der Waals surface area contributed by atoms with E-state index in [0.717, 1.165) is 25.9 Å². The number of rotatable bonds is 4. The second-order valence-corrected chi connectivity index (χ2v) is 5.42. The van der Waals surface area contributed by atoms with Crippen molar-refractivity contribution < 1.29 is 9.53 Å². The Balaban J connectivity index is 0.00000220. The highest BCUT2D eigenvalue weighted by molar-refractivity contribution is 6.32. The van der Waals surface area contributed by atoms with Gasteiger partial charge in [0.2, 0.25) is 5.91 Å². The summed E-state index contributed by atoms with van der Waals surface area (Å²) in [6.07, 6.45) is 1.89. The summed E-state index contributed by atoms with van der Waals surface area (Å²) in [6.45, 7) is 2.13. The quantitative estimate of drug-likeness (QED) is 0.885. The first kappa shape index (κ1) is 18.0. The zero-order chi connectivity index (χ0) is 14.5. The molecule has 3 N–H and O–H groups in total. The molecule has 0 saturated carbocycles. The molecule has 1 saturated heterocycles. The number of anilines is 1. The van der Waals surface area contributed by atoms with E-state index in [1.54, 1.807) is 25.3 Å². The van der Waals surface area contributed by atoms with Gasteiger partial charge in [0, 0.05) is 24.8 Å². The van der Waals surface area contributed by atoms with Gasteiger partial charge >= 0.3 is 0 Å². The number of ether oxygens (including phenoxy) is 1. The minimum atomic E-state index is -0.0401. The molecule has 1 aromatic carbocycles. The fourth-order valence-corrected chi connectivity index (χ4v) is 2.52. The Morgan fingerprint density at radius 3 is 2.71 bits per heavy atom. The van der Waals surface area contributed by atoms with Gasteiger partial charge < -0.3 is 15.8 Å². The van der Waals surface area contributed by atoms with Crippen LogP contribution >= 0.6 is 24.0 Å². The summed E-state index contributed by atoms with van der Waals surface area (Å²) in [5.41, 5.74) is 6.52. The third-order valence-corrected chi connectivity index (χ3v) is 3.73. The SMILES string of the molecule is COc1ccc(NC(=O)CN2CCC(N)CC2)cc1Cl.Cl. The van der Waals surface area contributed by atoms with E-state index < -0.39 is 0 Å². The highest BCUT2D eigenvalue weighted by atomic mass is 35.5. The Morgan fingerprint density at radius 2 is 2.14 bits per heavy atom. The van der Waals surface area contributed by atoms with E-state index in [9.17, 15) is 4.79 Å². The third kappa shape index (κ3) is 5.36. The number of carbonyl (C=O) groups excluding carboxylic acids is 1. The molecule has 1 fully saturated rings. The lowest BCUT2D eigenvalue weighted by atomic mass is 10.1. The fraction of sp³-hybridized carbons (Fsp3) is 0.500. The number of likely N-dealkylation sites (tertiary alicyclic amines) is 1. The van der Waals surface area contributed by atoms with Gasteiger partial charge in [-0.3, -0.25) is 9.69 Å². The average Bonchev–Trinajstić information content (AvgIpc) is 2.41. The molecule has 0 aliphatic carbocycles. The maximum absolute atomic E-state index is 12.0.